The smallest absolute Gasteiger partial charge is 0.232 e. The quantitative estimate of drug-likeness (QED) is 0.642. The molecule has 2 heterocycles. The van der Waals surface area contributed by atoms with E-state index in [-0.39, 0.29) is 17.3 Å². The van der Waals surface area contributed by atoms with Gasteiger partial charge in [-0.25, -0.2) is 0 Å². The van der Waals surface area contributed by atoms with Gasteiger partial charge in [0.25, 0.3) is 0 Å². The lowest BCUT2D eigenvalue weighted by Gasteiger charge is -2.30. The molecular weight excluding hydrogens is 422 g/mol. The lowest BCUT2D eigenvalue weighted by molar-refractivity contribution is 0.101. The molecule has 2 aromatic rings. The third-order valence-corrected chi connectivity index (χ3v) is 6.46. The second-order valence-electron chi connectivity index (χ2n) is 8.75. The number of carbonyl (C=O) groups is 1. The summed E-state index contributed by atoms with van der Waals surface area (Å²) in [4.78, 5) is 15.6. The number of methoxy groups -OCH3 is 3. The number of fused-ring (bicyclic) bond motifs is 1. The first-order valence-electron chi connectivity index (χ1n) is 11.2. The normalized spacial score (nSPS) is 17.7. The van der Waals surface area contributed by atoms with Crippen molar-refractivity contribution in [1.82, 2.24) is 4.90 Å². The number of hydrogen-bond donors (Lipinski definition) is 1. The first-order chi connectivity index (χ1) is 15.9. The van der Waals surface area contributed by atoms with Gasteiger partial charge in [-0.05, 0) is 74.2 Å². The maximum atomic E-state index is 13.3. The third-order valence-electron chi connectivity index (χ3n) is 6.46. The van der Waals surface area contributed by atoms with Gasteiger partial charge in [0.2, 0.25) is 11.5 Å². The summed E-state index contributed by atoms with van der Waals surface area (Å²) in [5.74, 6) is 2.77. The van der Waals surface area contributed by atoms with Gasteiger partial charge in [0, 0.05) is 6.54 Å². The molecule has 0 unspecified atom stereocenters. The Kier molecular flexibility index (Phi) is 6.51. The molecule has 176 valence electrons. The molecule has 7 heteroatoms. The molecule has 7 nitrogen and oxygen atoms in total. The fourth-order valence-electron chi connectivity index (χ4n) is 4.51. The summed E-state index contributed by atoms with van der Waals surface area (Å²) in [5.41, 5.74) is 2.53. The SMILES string of the molecule is COc1cc(/C=C2\Oc3c(CN4CCC(C)CC4)c(O)cc(C)c3C2=O)cc(OC)c1OC. The Balaban J connectivity index is 1.70. The van der Waals surface area contributed by atoms with Crippen molar-refractivity contribution in [3.8, 4) is 28.7 Å². The van der Waals surface area contributed by atoms with Crippen molar-refractivity contribution in [1.29, 1.82) is 0 Å². The van der Waals surface area contributed by atoms with Crippen LogP contribution in [0.1, 0.15) is 46.8 Å². The van der Waals surface area contributed by atoms with Crippen LogP contribution in [0.15, 0.2) is 24.0 Å². The van der Waals surface area contributed by atoms with E-state index in [0.717, 1.165) is 25.9 Å². The number of hydrogen-bond acceptors (Lipinski definition) is 7. The second kappa shape index (κ2) is 9.35. The molecule has 2 aliphatic heterocycles. The number of likely N-dealkylation sites (tertiary alicyclic amines) is 1. The van der Waals surface area contributed by atoms with Crippen molar-refractivity contribution in [2.75, 3.05) is 34.4 Å². The standard InChI is InChI=1S/C26H31NO6/c1-15-6-8-27(9-7-15)14-18-19(28)10-16(2)23-24(29)20(33-25(18)23)11-17-12-21(30-3)26(32-5)22(13-17)31-4/h10-13,15,28H,6-9,14H2,1-5H3/b20-11-. The first-order valence-corrected chi connectivity index (χ1v) is 11.2. The number of nitrogens with zero attached hydrogens (tertiary/aromatic N) is 1. The van der Waals surface area contributed by atoms with Crippen molar-refractivity contribution in [2.24, 2.45) is 5.92 Å². The van der Waals surface area contributed by atoms with Gasteiger partial charge >= 0.3 is 0 Å². The number of phenols is 1. The van der Waals surface area contributed by atoms with Crippen LogP contribution in [0.3, 0.4) is 0 Å². The largest absolute Gasteiger partial charge is 0.507 e. The molecule has 1 N–H and O–H groups in total. The molecule has 4 rings (SSSR count). The highest BCUT2D eigenvalue weighted by Gasteiger charge is 2.34. The molecular formula is C26H31NO6. The number of piperidine rings is 1. The highest BCUT2D eigenvalue weighted by atomic mass is 16.5. The van der Waals surface area contributed by atoms with Gasteiger partial charge in [0.1, 0.15) is 11.5 Å². The summed E-state index contributed by atoms with van der Waals surface area (Å²) in [7, 11) is 4.63. The maximum Gasteiger partial charge on any atom is 0.232 e. The number of benzene rings is 2. The molecule has 0 aliphatic carbocycles. The van der Waals surface area contributed by atoms with Crippen LogP contribution >= 0.6 is 0 Å². The van der Waals surface area contributed by atoms with Gasteiger partial charge < -0.3 is 24.1 Å². The fraction of sp³-hybridized carbons (Fsp3) is 0.423. The third kappa shape index (κ3) is 4.37. The fourth-order valence-corrected chi connectivity index (χ4v) is 4.51. The van der Waals surface area contributed by atoms with Gasteiger partial charge in [-0.2, -0.15) is 0 Å². The average molecular weight is 454 g/mol. The van der Waals surface area contributed by atoms with Crippen molar-refractivity contribution < 1.29 is 28.8 Å². The summed E-state index contributed by atoms with van der Waals surface area (Å²) < 4.78 is 22.3. The van der Waals surface area contributed by atoms with Crippen LogP contribution in [0.5, 0.6) is 28.7 Å². The maximum absolute atomic E-state index is 13.3. The van der Waals surface area contributed by atoms with E-state index in [1.54, 1.807) is 45.6 Å². The topological polar surface area (TPSA) is 77.5 Å². The molecule has 0 saturated carbocycles. The summed E-state index contributed by atoms with van der Waals surface area (Å²) >= 11 is 0. The van der Waals surface area contributed by atoms with Crippen molar-refractivity contribution >= 4 is 11.9 Å². The van der Waals surface area contributed by atoms with E-state index in [4.69, 9.17) is 18.9 Å². The van der Waals surface area contributed by atoms with Crippen LogP contribution in [0.4, 0.5) is 0 Å². The number of aromatic hydroxyl groups is 1. The molecule has 0 bridgehead atoms. The molecule has 33 heavy (non-hydrogen) atoms. The Labute approximate surface area is 194 Å². The zero-order chi connectivity index (χ0) is 23.7. The van der Waals surface area contributed by atoms with Crippen LogP contribution in [-0.4, -0.2) is 50.2 Å². The van der Waals surface area contributed by atoms with Crippen molar-refractivity contribution in [3.05, 3.63) is 46.2 Å². The average Bonchev–Trinajstić information content (AvgIpc) is 3.13. The monoisotopic (exact) mass is 453 g/mol. The number of carbonyl (C=O) groups excluding carboxylic acids is 1. The number of phenolic OH excluding ortho intramolecular Hbond substituents is 1. The number of aryl methyl sites for hydroxylation is 1. The van der Waals surface area contributed by atoms with Gasteiger partial charge in [0.05, 0.1) is 32.5 Å². The minimum absolute atomic E-state index is 0.159. The van der Waals surface area contributed by atoms with E-state index < -0.39 is 0 Å². The van der Waals surface area contributed by atoms with E-state index in [0.29, 0.717) is 57.7 Å². The highest BCUT2D eigenvalue weighted by molar-refractivity contribution is 6.16. The Bertz CT molecular complexity index is 1070. The number of ketones is 1. The molecule has 0 atom stereocenters. The van der Waals surface area contributed by atoms with Gasteiger partial charge in [-0.1, -0.05) is 6.92 Å². The molecule has 0 amide bonds. The highest BCUT2D eigenvalue weighted by Crippen LogP contribution is 2.44. The van der Waals surface area contributed by atoms with E-state index in [1.807, 2.05) is 6.92 Å². The van der Waals surface area contributed by atoms with E-state index >= 15 is 0 Å². The minimum atomic E-state index is -0.204. The molecule has 1 saturated heterocycles. The van der Waals surface area contributed by atoms with E-state index in [9.17, 15) is 9.90 Å². The van der Waals surface area contributed by atoms with Crippen LogP contribution in [0, 0.1) is 12.8 Å². The number of Topliss-reactive ketones (excluding diaryl/α,β-unsaturated/α-hetero) is 1. The van der Waals surface area contributed by atoms with Crippen molar-refractivity contribution in [2.45, 2.75) is 33.2 Å². The summed E-state index contributed by atoms with van der Waals surface area (Å²) in [6, 6.07) is 5.17. The number of ether oxygens (including phenoxy) is 4. The Morgan fingerprint density at radius 2 is 1.73 bits per heavy atom. The predicted molar refractivity (Wildman–Crippen MR) is 126 cm³/mol. The first kappa shape index (κ1) is 23.0. The molecule has 2 aliphatic rings. The lowest BCUT2D eigenvalue weighted by atomic mass is 9.96. The minimum Gasteiger partial charge on any atom is -0.507 e. The molecule has 1 fully saturated rings. The molecule has 0 aromatic heterocycles. The zero-order valence-electron chi connectivity index (χ0n) is 19.9. The van der Waals surface area contributed by atoms with Gasteiger partial charge in [-0.15, -0.1) is 0 Å². The van der Waals surface area contributed by atoms with Crippen molar-refractivity contribution in [3.63, 3.8) is 0 Å². The predicted octanol–water partition coefficient (Wildman–Crippen LogP) is 4.57. The zero-order valence-corrected chi connectivity index (χ0v) is 19.9. The number of allylic oxidation sites excluding steroid dienone is 1. The van der Waals surface area contributed by atoms with Crippen LogP contribution < -0.4 is 18.9 Å². The second-order valence-corrected chi connectivity index (χ2v) is 8.75. The summed E-state index contributed by atoms with van der Waals surface area (Å²) in [5, 5.41) is 10.7. The molecule has 0 radical (unpaired) electrons. The van der Waals surface area contributed by atoms with Gasteiger partial charge in [0.15, 0.2) is 17.3 Å². The Morgan fingerprint density at radius 1 is 1.09 bits per heavy atom. The van der Waals surface area contributed by atoms with E-state index in [2.05, 4.69) is 11.8 Å². The van der Waals surface area contributed by atoms with E-state index in [1.165, 1.54) is 0 Å². The summed E-state index contributed by atoms with van der Waals surface area (Å²) in [6.07, 6.45) is 3.91. The molecule has 2 aromatic carbocycles. The van der Waals surface area contributed by atoms with Gasteiger partial charge in [-0.3, -0.25) is 9.69 Å². The molecule has 0 spiro atoms. The lowest BCUT2D eigenvalue weighted by Crippen LogP contribution is -2.32. The number of rotatable bonds is 6. The van der Waals surface area contributed by atoms with Crippen LogP contribution in [0.25, 0.3) is 6.08 Å². The Hall–Kier alpha value is -3.19. The summed E-state index contributed by atoms with van der Waals surface area (Å²) in [6.45, 7) is 6.55. The van der Waals surface area contributed by atoms with Crippen LogP contribution in [0.2, 0.25) is 0 Å². The Morgan fingerprint density at radius 3 is 2.30 bits per heavy atom. The van der Waals surface area contributed by atoms with Crippen LogP contribution in [-0.2, 0) is 6.54 Å².